The molecule has 0 spiro atoms. The number of para-hydroxylation sites is 1. The third-order valence-electron chi connectivity index (χ3n) is 5.27. The molecule has 2 aromatic carbocycles. The van der Waals surface area contributed by atoms with Crippen LogP contribution in [0.3, 0.4) is 0 Å². The highest BCUT2D eigenvalue weighted by molar-refractivity contribution is 5.85. The first-order valence-electron chi connectivity index (χ1n) is 10.5. The lowest BCUT2D eigenvalue weighted by atomic mass is 9.96. The van der Waals surface area contributed by atoms with Crippen molar-refractivity contribution in [1.29, 1.82) is 0 Å². The van der Waals surface area contributed by atoms with Gasteiger partial charge >= 0.3 is 0 Å². The van der Waals surface area contributed by atoms with Gasteiger partial charge in [-0.05, 0) is 31.4 Å². The van der Waals surface area contributed by atoms with Crippen molar-refractivity contribution >= 4 is 12.4 Å². The molecule has 1 N–H and O–H groups in total. The molecule has 154 valence electrons. The van der Waals surface area contributed by atoms with Gasteiger partial charge in [0.05, 0.1) is 6.61 Å². The Morgan fingerprint density at radius 3 is 2.29 bits per heavy atom. The van der Waals surface area contributed by atoms with Crippen molar-refractivity contribution in [3.63, 3.8) is 0 Å². The van der Waals surface area contributed by atoms with Crippen LogP contribution in [0.5, 0.6) is 11.5 Å². The molecule has 0 bridgehead atoms. The molecule has 0 radical (unpaired) electrons. The highest BCUT2D eigenvalue weighted by Gasteiger charge is 2.15. The van der Waals surface area contributed by atoms with Crippen LogP contribution in [0.4, 0.5) is 0 Å². The average Bonchev–Trinajstić information content (AvgIpc) is 2.67. The monoisotopic (exact) mass is 403 g/mol. The molecule has 0 aliphatic heterocycles. The summed E-state index contributed by atoms with van der Waals surface area (Å²) in [6, 6.07) is 17.1. The quantitative estimate of drug-likeness (QED) is 0.561. The maximum Gasteiger partial charge on any atom is 0.166 e. The van der Waals surface area contributed by atoms with E-state index in [1.165, 1.54) is 56.1 Å². The Bertz CT molecular complexity index is 670. The lowest BCUT2D eigenvalue weighted by molar-refractivity contribution is 0.265. The van der Waals surface area contributed by atoms with Gasteiger partial charge in [0.1, 0.15) is 6.61 Å². The number of rotatable bonds is 8. The van der Waals surface area contributed by atoms with E-state index in [0.29, 0.717) is 19.3 Å². The van der Waals surface area contributed by atoms with E-state index >= 15 is 0 Å². The van der Waals surface area contributed by atoms with Gasteiger partial charge in [-0.3, -0.25) is 0 Å². The van der Waals surface area contributed by atoms with Crippen molar-refractivity contribution in [1.82, 2.24) is 5.32 Å². The van der Waals surface area contributed by atoms with Crippen LogP contribution in [0.1, 0.15) is 63.0 Å². The third-order valence-corrected chi connectivity index (χ3v) is 5.27. The zero-order valence-electron chi connectivity index (χ0n) is 17.0. The van der Waals surface area contributed by atoms with Crippen molar-refractivity contribution in [3.05, 3.63) is 59.7 Å². The molecule has 1 saturated carbocycles. The van der Waals surface area contributed by atoms with Crippen LogP contribution in [0.15, 0.2) is 48.5 Å². The summed E-state index contributed by atoms with van der Waals surface area (Å²) in [4.78, 5) is 0. The molecule has 28 heavy (non-hydrogen) atoms. The smallest absolute Gasteiger partial charge is 0.166 e. The molecule has 1 fully saturated rings. The second kappa shape index (κ2) is 12.7. The first kappa shape index (κ1) is 22.6. The summed E-state index contributed by atoms with van der Waals surface area (Å²) in [7, 11) is 0. The first-order chi connectivity index (χ1) is 13.4. The summed E-state index contributed by atoms with van der Waals surface area (Å²) in [5.41, 5.74) is 2.35. The lowest BCUT2D eigenvalue weighted by Gasteiger charge is -2.22. The van der Waals surface area contributed by atoms with Gasteiger partial charge in [-0.2, -0.15) is 0 Å². The van der Waals surface area contributed by atoms with Gasteiger partial charge in [-0.15, -0.1) is 12.4 Å². The van der Waals surface area contributed by atoms with Gasteiger partial charge in [0.25, 0.3) is 0 Å². The molecule has 2 aromatic rings. The topological polar surface area (TPSA) is 30.5 Å². The molecule has 0 aromatic heterocycles. The Morgan fingerprint density at radius 2 is 1.57 bits per heavy atom. The second-order valence-electron chi connectivity index (χ2n) is 7.37. The van der Waals surface area contributed by atoms with E-state index in [2.05, 4.69) is 29.6 Å². The summed E-state index contributed by atoms with van der Waals surface area (Å²) in [5, 5.41) is 3.78. The fourth-order valence-electron chi connectivity index (χ4n) is 3.78. The van der Waals surface area contributed by atoms with Crippen LogP contribution >= 0.6 is 12.4 Å². The zero-order chi connectivity index (χ0) is 18.7. The molecule has 3 nitrogen and oxygen atoms in total. The largest absolute Gasteiger partial charge is 0.490 e. The predicted molar refractivity (Wildman–Crippen MR) is 119 cm³/mol. The van der Waals surface area contributed by atoms with Crippen LogP contribution in [0.25, 0.3) is 0 Å². The van der Waals surface area contributed by atoms with Crippen molar-refractivity contribution < 1.29 is 9.47 Å². The summed E-state index contributed by atoms with van der Waals surface area (Å²) < 4.78 is 12.1. The Morgan fingerprint density at radius 1 is 0.857 bits per heavy atom. The molecule has 1 aliphatic rings. The minimum absolute atomic E-state index is 0. The Kier molecular flexibility index (Phi) is 10.2. The fraction of sp³-hybridized carbons (Fsp3) is 0.500. The van der Waals surface area contributed by atoms with E-state index in [9.17, 15) is 0 Å². The summed E-state index contributed by atoms with van der Waals surface area (Å²) in [5.74, 6) is 1.71. The molecule has 0 atom stereocenters. The van der Waals surface area contributed by atoms with E-state index in [1.54, 1.807) is 0 Å². The standard InChI is InChI=1S/C24H33NO2.ClH/c1-2-26-23-17-11-14-21(18-25-22-15-9-4-3-5-10-16-22)24(23)27-19-20-12-7-6-8-13-20;/h6-8,11-14,17,22,25H,2-5,9-10,15-16,18-19H2,1H3;1H. The summed E-state index contributed by atoms with van der Waals surface area (Å²) in [6.07, 6.45) is 9.41. The van der Waals surface area contributed by atoms with Crippen LogP contribution in [-0.2, 0) is 13.2 Å². The minimum atomic E-state index is 0. The van der Waals surface area contributed by atoms with Crippen molar-refractivity contribution in [2.24, 2.45) is 0 Å². The number of hydrogen-bond donors (Lipinski definition) is 1. The Balaban J connectivity index is 0.00000280. The van der Waals surface area contributed by atoms with E-state index in [-0.39, 0.29) is 12.4 Å². The SMILES string of the molecule is CCOc1cccc(CNC2CCCCCCC2)c1OCc1ccccc1.Cl. The predicted octanol–water partition coefficient (Wildman–Crippen LogP) is 6.29. The minimum Gasteiger partial charge on any atom is -0.490 e. The molecule has 1 aliphatic carbocycles. The highest BCUT2D eigenvalue weighted by Crippen LogP contribution is 2.32. The third kappa shape index (κ3) is 7.03. The first-order valence-corrected chi connectivity index (χ1v) is 10.5. The normalized spacial score (nSPS) is 15.2. The second-order valence-corrected chi connectivity index (χ2v) is 7.37. The molecule has 3 rings (SSSR count). The molecular formula is C24H34ClNO2. The Labute approximate surface area is 176 Å². The van der Waals surface area contributed by atoms with Crippen LogP contribution in [-0.4, -0.2) is 12.6 Å². The molecule has 0 unspecified atom stereocenters. The average molecular weight is 404 g/mol. The molecular weight excluding hydrogens is 370 g/mol. The molecule has 0 amide bonds. The van der Waals surface area contributed by atoms with Gasteiger partial charge in [-0.1, -0.05) is 74.6 Å². The lowest BCUT2D eigenvalue weighted by Crippen LogP contribution is -2.29. The van der Waals surface area contributed by atoms with Gasteiger partial charge in [0.2, 0.25) is 0 Å². The number of halogens is 1. The maximum atomic E-state index is 6.23. The fourth-order valence-corrected chi connectivity index (χ4v) is 3.78. The number of nitrogens with one attached hydrogen (secondary N) is 1. The van der Waals surface area contributed by atoms with E-state index in [1.807, 2.05) is 31.2 Å². The summed E-state index contributed by atoms with van der Waals surface area (Å²) in [6.45, 7) is 4.04. The van der Waals surface area contributed by atoms with E-state index < -0.39 is 0 Å². The zero-order valence-corrected chi connectivity index (χ0v) is 17.8. The summed E-state index contributed by atoms with van der Waals surface area (Å²) >= 11 is 0. The van der Waals surface area contributed by atoms with Gasteiger partial charge in [0, 0.05) is 18.2 Å². The number of benzene rings is 2. The molecule has 0 heterocycles. The van der Waals surface area contributed by atoms with Crippen LogP contribution < -0.4 is 14.8 Å². The van der Waals surface area contributed by atoms with Crippen molar-refractivity contribution in [2.45, 2.75) is 71.1 Å². The van der Waals surface area contributed by atoms with Crippen LogP contribution in [0.2, 0.25) is 0 Å². The molecule has 4 heteroatoms. The van der Waals surface area contributed by atoms with Crippen molar-refractivity contribution in [3.8, 4) is 11.5 Å². The molecule has 0 saturated heterocycles. The number of ether oxygens (including phenoxy) is 2. The maximum absolute atomic E-state index is 6.23. The van der Waals surface area contributed by atoms with Gasteiger partial charge in [0.15, 0.2) is 11.5 Å². The highest BCUT2D eigenvalue weighted by atomic mass is 35.5. The van der Waals surface area contributed by atoms with E-state index in [4.69, 9.17) is 9.47 Å². The van der Waals surface area contributed by atoms with Crippen molar-refractivity contribution in [2.75, 3.05) is 6.61 Å². The Hall–Kier alpha value is -1.71. The van der Waals surface area contributed by atoms with E-state index in [0.717, 1.165) is 18.0 Å². The number of hydrogen-bond acceptors (Lipinski definition) is 3. The van der Waals surface area contributed by atoms with Gasteiger partial charge in [-0.25, -0.2) is 0 Å². The van der Waals surface area contributed by atoms with Gasteiger partial charge < -0.3 is 14.8 Å². The van der Waals surface area contributed by atoms with Crippen LogP contribution in [0, 0.1) is 0 Å².